The first-order valence-electron chi connectivity index (χ1n) is 31.9. The van der Waals surface area contributed by atoms with Gasteiger partial charge in [-0.1, -0.05) is 12.1 Å². The van der Waals surface area contributed by atoms with E-state index >= 15 is 0 Å². The molecule has 1 amide bonds. The van der Waals surface area contributed by atoms with E-state index in [9.17, 15) is 4.79 Å². The number of likely N-dealkylation sites (tertiary alicyclic amines) is 1. The first-order valence-corrected chi connectivity index (χ1v) is 31.9. The van der Waals surface area contributed by atoms with Crippen molar-refractivity contribution in [3.8, 4) is 5.75 Å². The largest absolute Gasteiger partial charge is 0.497 e. The quantitative estimate of drug-likeness (QED) is 0.0409. The van der Waals surface area contributed by atoms with Crippen molar-refractivity contribution in [2.45, 2.75) is 32.7 Å². The van der Waals surface area contributed by atoms with Gasteiger partial charge in [0.15, 0.2) is 34.4 Å². The Balaban J connectivity index is 0.000000129. The number of nitrogens with one attached hydrogen (secondary N) is 9. The van der Waals surface area contributed by atoms with Crippen molar-refractivity contribution < 1.29 is 28.5 Å². The number of carbonyl (C=O) groups is 1. The maximum atomic E-state index is 12.0. The highest BCUT2D eigenvalue weighted by atomic mass is 16.6. The minimum Gasteiger partial charge on any atom is -0.497 e. The summed E-state index contributed by atoms with van der Waals surface area (Å²) in [4.78, 5) is 70.6. The molecule has 4 fully saturated rings. The molecule has 0 saturated carbocycles. The Kier molecular flexibility index (Phi) is 19.9. The van der Waals surface area contributed by atoms with Gasteiger partial charge in [-0.25, -0.2) is 19.7 Å². The van der Waals surface area contributed by atoms with Gasteiger partial charge in [-0.15, -0.1) is 0 Å². The van der Waals surface area contributed by atoms with Gasteiger partial charge in [-0.3, -0.25) is 0 Å². The molecule has 0 aliphatic carbocycles. The zero-order valence-corrected chi connectivity index (χ0v) is 53.1. The number of piperidine rings is 1. The molecule has 0 radical (unpaired) electrons. The minimum atomic E-state index is -0.245. The van der Waals surface area contributed by atoms with Crippen LogP contribution in [-0.4, -0.2) is 183 Å². The normalized spacial score (nSPS) is 15.1. The van der Waals surface area contributed by atoms with Crippen LogP contribution in [0.2, 0.25) is 0 Å². The van der Waals surface area contributed by atoms with Crippen LogP contribution < -0.4 is 51.3 Å². The smallest absolute Gasteiger partial charge is 0.409 e. The van der Waals surface area contributed by atoms with Crippen LogP contribution in [0.4, 0.5) is 85.6 Å². The minimum absolute atomic E-state index is 0.188. The summed E-state index contributed by atoms with van der Waals surface area (Å²) >= 11 is 0. The van der Waals surface area contributed by atoms with Gasteiger partial charge in [0.05, 0.1) is 72.3 Å². The summed E-state index contributed by atoms with van der Waals surface area (Å²) < 4.78 is 26.6. The van der Waals surface area contributed by atoms with Crippen molar-refractivity contribution in [3.63, 3.8) is 0 Å². The molecule has 6 aromatic heterocycles. The number of hydrogen-bond acceptors (Lipinski definition) is 24. The second kappa shape index (κ2) is 30.1. The predicted octanol–water partition coefficient (Wildman–Crippen LogP) is 10.6. The maximum Gasteiger partial charge on any atom is 0.409 e. The van der Waals surface area contributed by atoms with Gasteiger partial charge >= 0.3 is 6.09 Å². The number of aryl methyl sites for hydroxylation is 1. The lowest BCUT2D eigenvalue weighted by Gasteiger charge is -2.31. The van der Waals surface area contributed by atoms with Gasteiger partial charge < -0.3 is 90.1 Å². The molecule has 0 atom stereocenters. The van der Waals surface area contributed by atoms with Crippen LogP contribution in [0.25, 0.3) is 33.5 Å². The first-order chi connectivity index (χ1) is 46.7. The van der Waals surface area contributed by atoms with Crippen molar-refractivity contribution in [1.29, 1.82) is 0 Å². The summed E-state index contributed by atoms with van der Waals surface area (Å²) in [5.74, 6) is 4.24. The fourth-order valence-electron chi connectivity index (χ4n) is 11.4. The Morgan fingerprint density at radius 3 is 1.28 bits per heavy atom. The number of anilines is 14. The second-order valence-corrected chi connectivity index (χ2v) is 22.8. The first kappa shape index (κ1) is 62.7. The molecule has 490 valence electrons. The monoisotopic (exact) mass is 1280 g/mol. The third-order valence-corrected chi connectivity index (χ3v) is 16.4. The van der Waals surface area contributed by atoms with Crippen LogP contribution in [-0.2, 0) is 18.9 Å². The highest BCUT2D eigenvalue weighted by molar-refractivity contribution is 5.88. The molecular formula is C67H76N22O6. The topological polar surface area (TPSA) is 312 Å². The number of aromatic nitrogens is 12. The van der Waals surface area contributed by atoms with Crippen LogP contribution in [0.1, 0.15) is 25.3 Å². The number of amides is 1. The van der Waals surface area contributed by atoms with Crippen molar-refractivity contribution in [2.75, 3.05) is 152 Å². The Morgan fingerprint density at radius 1 is 0.484 bits per heavy atom. The Morgan fingerprint density at radius 2 is 0.874 bits per heavy atom. The molecule has 0 spiro atoms. The number of ether oxygens (including phenoxy) is 5. The summed E-state index contributed by atoms with van der Waals surface area (Å²) in [5, 5.41) is 20.1. The molecule has 0 bridgehead atoms. The van der Waals surface area contributed by atoms with Gasteiger partial charge in [-0.2, -0.15) is 29.9 Å². The maximum absolute atomic E-state index is 12.0. The van der Waals surface area contributed by atoms with E-state index in [0.717, 1.165) is 142 Å². The summed E-state index contributed by atoms with van der Waals surface area (Å²) in [6.45, 7) is 15.6. The van der Waals surface area contributed by atoms with E-state index in [4.69, 9.17) is 28.7 Å². The molecule has 4 aliphatic heterocycles. The third kappa shape index (κ3) is 16.0. The number of nitrogens with zero attached hydrogens (tertiary/aromatic N) is 13. The average molecular weight is 1290 g/mol. The zero-order chi connectivity index (χ0) is 64.7. The van der Waals surface area contributed by atoms with Gasteiger partial charge in [0.1, 0.15) is 22.3 Å². The molecular weight excluding hydrogens is 1210 g/mol. The Bertz CT molecular complexity index is 4280. The fourth-order valence-corrected chi connectivity index (χ4v) is 11.4. The van der Waals surface area contributed by atoms with Crippen LogP contribution in [0, 0.1) is 6.92 Å². The van der Waals surface area contributed by atoms with Crippen molar-refractivity contribution in [3.05, 3.63) is 146 Å². The number of rotatable bonds is 17. The SMILES string of the molecule is CCOC(=O)N1CCC(Nc2nc(Nc3ccc(N4CCOCC4)cc3)nc3nc[nH]c23)CC1.COc1ccc(Nc2nc(Nc3ccc(N4CCOCC4)cc3)nc3nc[nH]c23)cc1.Cc1cccc(Nc2nc(Nc3ccc(N4CCOCC4)cc3)nc3nc[nH]c23)c1. The van der Waals surface area contributed by atoms with E-state index in [1.54, 1.807) is 31.0 Å². The van der Waals surface area contributed by atoms with Crippen LogP contribution in [0.3, 0.4) is 0 Å². The van der Waals surface area contributed by atoms with E-state index in [2.05, 4.69) is 157 Å². The summed E-state index contributed by atoms with van der Waals surface area (Å²) in [5.41, 5.74) is 13.3. The lowest BCUT2D eigenvalue weighted by Crippen LogP contribution is -2.42. The molecule has 95 heavy (non-hydrogen) atoms. The predicted molar refractivity (Wildman–Crippen MR) is 369 cm³/mol. The number of aromatic amines is 3. The van der Waals surface area contributed by atoms with Crippen molar-refractivity contribution in [2.24, 2.45) is 0 Å². The second-order valence-electron chi connectivity index (χ2n) is 22.8. The number of hydrogen-bond donors (Lipinski definition) is 9. The van der Waals surface area contributed by atoms with E-state index in [1.165, 1.54) is 22.6 Å². The van der Waals surface area contributed by atoms with Crippen molar-refractivity contribution in [1.82, 2.24) is 64.7 Å². The number of morpholine rings is 3. The molecule has 4 saturated heterocycles. The fraction of sp³-hybridized carbons (Fsp3) is 0.313. The molecule has 0 unspecified atom stereocenters. The molecule has 11 aromatic rings. The Labute approximate surface area is 548 Å². The molecule has 15 rings (SSSR count). The lowest BCUT2D eigenvalue weighted by molar-refractivity contribution is 0.0983. The van der Waals surface area contributed by atoms with Crippen LogP contribution in [0.5, 0.6) is 5.75 Å². The van der Waals surface area contributed by atoms with Crippen LogP contribution >= 0.6 is 0 Å². The highest BCUT2D eigenvalue weighted by Crippen LogP contribution is 2.31. The third-order valence-electron chi connectivity index (χ3n) is 16.4. The molecule has 9 N–H and O–H groups in total. The van der Waals surface area contributed by atoms with E-state index in [1.807, 2.05) is 79.7 Å². The van der Waals surface area contributed by atoms with Gasteiger partial charge in [0.2, 0.25) is 17.8 Å². The number of imidazole rings is 3. The highest BCUT2D eigenvalue weighted by Gasteiger charge is 2.25. The number of H-pyrrole nitrogens is 3. The molecule has 28 heteroatoms. The van der Waals surface area contributed by atoms with E-state index in [-0.39, 0.29) is 12.1 Å². The summed E-state index contributed by atoms with van der Waals surface area (Å²) in [7, 11) is 1.65. The van der Waals surface area contributed by atoms with Gasteiger partial charge in [0.25, 0.3) is 0 Å². The zero-order valence-electron chi connectivity index (χ0n) is 53.1. The average Bonchev–Trinajstić information content (AvgIpc) is 1.79. The van der Waals surface area contributed by atoms with Gasteiger partial charge in [-0.05, 0) is 141 Å². The number of carbonyl (C=O) groups excluding carboxylic acids is 1. The standard InChI is InChI=1S/C23H30N8O3.C22H23N7O2.C22H23N7O/c1-2-34-23(32)31-9-7-17(8-10-31)26-21-19-20(25-15-24-19)28-22(29-21)27-16-3-5-18(6-4-16)30-11-13-33-14-12-30;1-30-18-8-4-15(5-9-18)25-21-19-20(24-14-23-19)27-22(28-21)26-16-2-6-17(7-3-16)29-10-12-31-13-11-29;1-15-3-2-4-17(13-15)25-21-19-20(24-14-23-19)27-22(28-21)26-16-5-7-18(8-6-16)29-9-11-30-12-10-29/h3-6,15,17H,2,7-14H2,1H3,(H3,24,25,26,27,28,29);2-9,14H,10-13H2,1H3,(H3,23,24,25,26,27,28);2-8,13-14H,9-12H2,1H3,(H3,23,24,25,26,27,28). The number of methoxy groups -OCH3 is 1. The number of fused-ring (bicyclic) bond motifs is 3. The molecule has 28 nitrogen and oxygen atoms in total. The Hall–Kier alpha value is -11.1. The molecule has 5 aromatic carbocycles. The number of benzene rings is 5. The van der Waals surface area contributed by atoms with E-state index < -0.39 is 0 Å². The van der Waals surface area contributed by atoms with Crippen molar-refractivity contribution >= 4 is 120 Å². The van der Waals surface area contributed by atoms with Crippen LogP contribution in [0.15, 0.2) is 140 Å². The molecule has 4 aliphatic rings. The summed E-state index contributed by atoms with van der Waals surface area (Å²) in [6.07, 6.45) is 6.23. The molecule has 10 heterocycles. The van der Waals surface area contributed by atoms with Gasteiger partial charge in [0, 0.05) is 104 Å². The lowest BCUT2D eigenvalue weighted by atomic mass is 10.1. The summed E-state index contributed by atoms with van der Waals surface area (Å²) in [6, 6.07) is 40.8. The van der Waals surface area contributed by atoms with E-state index in [0.29, 0.717) is 71.9 Å².